The quantitative estimate of drug-likeness (QED) is 0.632. The standard InChI is InChI=1S/C13H16N4O2/c1-7-13(19)10(8(5-18)4-15-7)12-11-9(2-3-14-12)16-6-17-11/h4,6,12,14,18-19H,2-3,5H2,1H3,(H,16,17). The second-order valence-corrected chi connectivity index (χ2v) is 4.69. The molecule has 19 heavy (non-hydrogen) atoms. The van der Waals surface area contributed by atoms with Crippen molar-refractivity contribution in [2.75, 3.05) is 6.54 Å². The number of aromatic nitrogens is 3. The summed E-state index contributed by atoms with van der Waals surface area (Å²) in [5, 5.41) is 23.1. The highest BCUT2D eigenvalue weighted by Gasteiger charge is 2.28. The van der Waals surface area contributed by atoms with Crippen LogP contribution in [0.2, 0.25) is 0 Å². The highest BCUT2D eigenvalue weighted by atomic mass is 16.3. The molecule has 0 radical (unpaired) electrons. The van der Waals surface area contributed by atoms with Crippen LogP contribution in [-0.2, 0) is 13.0 Å². The van der Waals surface area contributed by atoms with Crippen LogP contribution in [0.25, 0.3) is 0 Å². The molecule has 0 spiro atoms. The maximum atomic E-state index is 10.3. The van der Waals surface area contributed by atoms with Crippen molar-refractivity contribution < 1.29 is 10.2 Å². The summed E-state index contributed by atoms with van der Waals surface area (Å²) < 4.78 is 0. The van der Waals surface area contributed by atoms with Crippen molar-refractivity contribution >= 4 is 0 Å². The number of nitrogens with one attached hydrogen (secondary N) is 2. The highest BCUT2D eigenvalue weighted by molar-refractivity contribution is 5.47. The molecule has 2 aromatic rings. The SMILES string of the molecule is Cc1ncc(CO)c(C2NCCc3[nH]cnc32)c1O. The molecule has 0 saturated carbocycles. The largest absolute Gasteiger partial charge is 0.506 e. The number of pyridine rings is 1. The van der Waals surface area contributed by atoms with Gasteiger partial charge in [-0.25, -0.2) is 4.98 Å². The Bertz CT molecular complexity index is 609. The van der Waals surface area contributed by atoms with Gasteiger partial charge in [-0.3, -0.25) is 4.98 Å². The molecule has 0 amide bonds. The molecular weight excluding hydrogens is 244 g/mol. The van der Waals surface area contributed by atoms with Gasteiger partial charge >= 0.3 is 0 Å². The Balaban J connectivity index is 2.16. The number of imidazole rings is 1. The second kappa shape index (κ2) is 4.64. The van der Waals surface area contributed by atoms with Crippen molar-refractivity contribution in [3.05, 3.63) is 40.7 Å². The smallest absolute Gasteiger partial charge is 0.142 e. The fourth-order valence-electron chi connectivity index (χ4n) is 2.56. The van der Waals surface area contributed by atoms with E-state index in [-0.39, 0.29) is 18.4 Å². The second-order valence-electron chi connectivity index (χ2n) is 4.69. The lowest BCUT2D eigenvalue weighted by atomic mass is 9.94. The zero-order chi connectivity index (χ0) is 13.4. The number of rotatable bonds is 2. The van der Waals surface area contributed by atoms with E-state index in [1.165, 1.54) is 0 Å². The summed E-state index contributed by atoms with van der Waals surface area (Å²) in [6.45, 7) is 2.38. The molecule has 6 nitrogen and oxygen atoms in total. The number of hydrogen-bond acceptors (Lipinski definition) is 5. The van der Waals surface area contributed by atoms with Crippen molar-refractivity contribution in [3.63, 3.8) is 0 Å². The van der Waals surface area contributed by atoms with Gasteiger partial charge in [0.15, 0.2) is 0 Å². The monoisotopic (exact) mass is 260 g/mol. The molecule has 0 aliphatic carbocycles. The van der Waals surface area contributed by atoms with Crippen molar-refractivity contribution in [1.82, 2.24) is 20.3 Å². The molecule has 1 aliphatic rings. The third-order valence-electron chi connectivity index (χ3n) is 3.57. The third-order valence-corrected chi connectivity index (χ3v) is 3.57. The van der Waals surface area contributed by atoms with Crippen LogP contribution in [0, 0.1) is 6.92 Å². The van der Waals surface area contributed by atoms with Gasteiger partial charge in [0.25, 0.3) is 0 Å². The molecule has 1 unspecified atom stereocenters. The average molecular weight is 260 g/mol. The minimum absolute atomic E-state index is 0.125. The van der Waals surface area contributed by atoms with Crippen LogP contribution in [0.4, 0.5) is 0 Å². The summed E-state index contributed by atoms with van der Waals surface area (Å²) in [7, 11) is 0. The number of aliphatic hydroxyl groups is 1. The van der Waals surface area contributed by atoms with Crippen LogP contribution in [0.1, 0.15) is 34.3 Å². The van der Waals surface area contributed by atoms with E-state index in [1.54, 1.807) is 19.4 Å². The van der Waals surface area contributed by atoms with E-state index in [4.69, 9.17) is 0 Å². The molecule has 0 bridgehead atoms. The third kappa shape index (κ3) is 1.89. The van der Waals surface area contributed by atoms with E-state index < -0.39 is 0 Å². The maximum Gasteiger partial charge on any atom is 0.142 e. The van der Waals surface area contributed by atoms with Crippen molar-refractivity contribution in [2.45, 2.75) is 26.0 Å². The Morgan fingerprint density at radius 1 is 1.42 bits per heavy atom. The Kier molecular flexibility index (Phi) is 2.96. The molecule has 0 fully saturated rings. The molecular formula is C13H16N4O2. The minimum atomic E-state index is -0.209. The Hall–Kier alpha value is -1.92. The Morgan fingerprint density at radius 2 is 2.26 bits per heavy atom. The highest BCUT2D eigenvalue weighted by Crippen LogP contribution is 2.35. The number of aliphatic hydroxyl groups excluding tert-OH is 1. The summed E-state index contributed by atoms with van der Waals surface area (Å²) >= 11 is 0. The normalized spacial score (nSPS) is 18.3. The molecule has 3 rings (SSSR count). The van der Waals surface area contributed by atoms with E-state index in [2.05, 4.69) is 20.3 Å². The van der Waals surface area contributed by atoms with Gasteiger partial charge in [0.1, 0.15) is 5.75 Å². The Morgan fingerprint density at radius 3 is 3.05 bits per heavy atom. The molecule has 1 atom stereocenters. The number of H-pyrrole nitrogens is 1. The van der Waals surface area contributed by atoms with Gasteiger partial charge in [0.2, 0.25) is 0 Å². The van der Waals surface area contributed by atoms with Crippen LogP contribution in [-0.4, -0.2) is 31.7 Å². The Labute approximate surface area is 110 Å². The van der Waals surface area contributed by atoms with Gasteiger partial charge in [0.05, 0.1) is 30.4 Å². The number of aromatic hydroxyl groups is 1. The number of nitrogens with zero attached hydrogens (tertiary/aromatic N) is 2. The first-order valence-electron chi connectivity index (χ1n) is 6.26. The van der Waals surface area contributed by atoms with Gasteiger partial charge in [-0.05, 0) is 6.92 Å². The average Bonchev–Trinajstić information content (AvgIpc) is 2.90. The number of hydrogen-bond donors (Lipinski definition) is 4. The lowest BCUT2D eigenvalue weighted by molar-refractivity contribution is 0.277. The van der Waals surface area contributed by atoms with Crippen LogP contribution in [0.3, 0.4) is 0 Å². The van der Waals surface area contributed by atoms with Crippen molar-refractivity contribution in [1.29, 1.82) is 0 Å². The molecule has 4 N–H and O–H groups in total. The van der Waals surface area contributed by atoms with Gasteiger partial charge < -0.3 is 20.5 Å². The van der Waals surface area contributed by atoms with E-state index >= 15 is 0 Å². The van der Waals surface area contributed by atoms with E-state index in [0.717, 1.165) is 24.4 Å². The van der Waals surface area contributed by atoms with Crippen molar-refractivity contribution in [3.8, 4) is 5.75 Å². The summed E-state index contributed by atoms with van der Waals surface area (Å²) in [6, 6.07) is -0.209. The summed E-state index contributed by atoms with van der Waals surface area (Å²) in [4.78, 5) is 11.5. The first-order chi connectivity index (χ1) is 9.22. The van der Waals surface area contributed by atoms with Gasteiger partial charge in [-0.2, -0.15) is 0 Å². The van der Waals surface area contributed by atoms with E-state index in [9.17, 15) is 10.2 Å². The van der Waals surface area contributed by atoms with Crippen LogP contribution >= 0.6 is 0 Å². The minimum Gasteiger partial charge on any atom is -0.506 e. The summed E-state index contributed by atoms with van der Waals surface area (Å²) in [5.41, 5.74) is 3.79. The molecule has 100 valence electrons. The van der Waals surface area contributed by atoms with Gasteiger partial charge in [-0.15, -0.1) is 0 Å². The lowest BCUT2D eigenvalue weighted by Gasteiger charge is -2.26. The fourth-order valence-corrected chi connectivity index (χ4v) is 2.56. The van der Waals surface area contributed by atoms with Gasteiger partial charge in [-0.1, -0.05) is 0 Å². The lowest BCUT2D eigenvalue weighted by Crippen LogP contribution is -2.31. The molecule has 2 aromatic heterocycles. The first kappa shape index (κ1) is 12.1. The van der Waals surface area contributed by atoms with Crippen LogP contribution in [0.15, 0.2) is 12.5 Å². The molecule has 0 aromatic carbocycles. The van der Waals surface area contributed by atoms with E-state index in [1.807, 2.05) is 0 Å². The maximum absolute atomic E-state index is 10.3. The fraction of sp³-hybridized carbons (Fsp3) is 0.385. The predicted molar refractivity (Wildman–Crippen MR) is 68.7 cm³/mol. The number of aromatic amines is 1. The van der Waals surface area contributed by atoms with Crippen molar-refractivity contribution in [2.24, 2.45) is 0 Å². The molecule has 0 saturated heterocycles. The van der Waals surface area contributed by atoms with E-state index in [0.29, 0.717) is 16.8 Å². The number of aryl methyl sites for hydroxylation is 1. The summed E-state index contributed by atoms with van der Waals surface area (Å²) in [5.74, 6) is 0.125. The van der Waals surface area contributed by atoms with Gasteiger partial charge in [0, 0.05) is 36.0 Å². The zero-order valence-corrected chi connectivity index (χ0v) is 10.6. The number of fused-ring (bicyclic) bond motifs is 1. The molecule has 6 heteroatoms. The van der Waals surface area contributed by atoms with Crippen LogP contribution in [0.5, 0.6) is 5.75 Å². The zero-order valence-electron chi connectivity index (χ0n) is 10.6. The van der Waals surface area contributed by atoms with Crippen LogP contribution < -0.4 is 5.32 Å². The molecule has 1 aliphatic heterocycles. The topological polar surface area (TPSA) is 94.1 Å². The molecule has 3 heterocycles. The summed E-state index contributed by atoms with van der Waals surface area (Å²) in [6.07, 6.45) is 4.15. The predicted octanol–water partition coefficient (Wildman–Crippen LogP) is 0.546. The first-order valence-corrected chi connectivity index (χ1v) is 6.26.